The largest absolute Gasteiger partial charge is 0.354 e. The summed E-state index contributed by atoms with van der Waals surface area (Å²) in [5, 5.41) is 3.80. The Hall–Kier alpha value is -3.85. The van der Waals surface area contributed by atoms with Crippen molar-refractivity contribution in [1.29, 1.82) is 0 Å². The van der Waals surface area contributed by atoms with Gasteiger partial charge in [0, 0.05) is 29.6 Å². The van der Waals surface area contributed by atoms with Crippen molar-refractivity contribution in [3.63, 3.8) is 0 Å². The second-order valence-electron chi connectivity index (χ2n) is 11.2. The first-order valence-corrected chi connectivity index (χ1v) is 16.9. The van der Waals surface area contributed by atoms with Gasteiger partial charge < -0.3 is 10.2 Å². The number of rotatable bonds is 13. The molecule has 0 heterocycles. The fourth-order valence-electron chi connectivity index (χ4n) is 4.88. The highest BCUT2D eigenvalue weighted by Gasteiger charge is 2.35. The lowest BCUT2D eigenvalue weighted by Gasteiger charge is -2.34. The van der Waals surface area contributed by atoms with E-state index in [0.717, 1.165) is 9.87 Å². The van der Waals surface area contributed by atoms with Crippen LogP contribution in [0.15, 0.2) is 108 Å². The van der Waals surface area contributed by atoms with E-state index in [-0.39, 0.29) is 29.7 Å². The Kier molecular flexibility index (Phi) is 11.7. The summed E-state index contributed by atoms with van der Waals surface area (Å²) in [5.74, 6) is -0.715. The Morgan fingerprint density at radius 3 is 2.09 bits per heavy atom. The Morgan fingerprint density at radius 2 is 1.44 bits per heavy atom. The van der Waals surface area contributed by atoms with Crippen molar-refractivity contribution in [2.45, 2.75) is 44.7 Å². The van der Waals surface area contributed by atoms with Crippen LogP contribution in [0.1, 0.15) is 30.5 Å². The summed E-state index contributed by atoms with van der Waals surface area (Å²) in [4.78, 5) is 29.8. The number of anilines is 1. The van der Waals surface area contributed by atoms with Gasteiger partial charge in [0.1, 0.15) is 12.6 Å². The zero-order chi connectivity index (χ0) is 32.6. The van der Waals surface area contributed by atoms with Crippen LogP contribution in [0.5, 0.6) is 0 Å². The number of hydrogen-bond acceptors (Lipinski definition) is 4. The summed E-state index contributed by atoms with van der Waals surface area (Å²) in [6, 6.07) is 28.3. The molecular formula is C35H37Cl2N3O4S. The number of aryl methyl sites for hydroxylation is 1. The molecule has 1 N–H and O–H groups in total. The van der Waals surface area contributed by atoms with Gasteiger partial charge in [0.2, 0.25) is 11.8 Å². The van der Waals surface area contributed by atoms with Crippen LogP contribution in [0, 0.1) is 12.8 Å². The van der Waals surface area contributed by atoms with E-state index in [0.29, 0.717) is 33.4 Å². The molecule has 4 aromatic carbocycles. The van der Waals surface area contributed by atoms with Gasteiger partial charge >= 0.3 is 0 Å². The molecule has 0 aromatic heterocycles. The van der Waals surface area contributed by atoms with Crippen LogP contribution in [0.2, 0.25) is 10.0 Å². The standard InChI is InChI=1S/C35H37Cl2N3O4S/c1-25(2)22-38-35(42)33(21-27-12-5-4-6-13-27)39(23-28-14-8-9-15-31(28)37)34(41)24-40(32-16-10-7-11-26(32)3)45(43,44)30-19-17-29(36)18-20-30/h4-20,25,33H,21-24H2,1-3H3,(H,38,42)/t33-/m1/s1. The molecule has 0 aliphatic rings. The summed E-state index contributed by atoms with van der Waals surface area (Å²) in [6.07, 6.45) is 0.218. The van der Waals surface area contributed by atoms with Gasteiger partial charge in [-0.1, -0.05) is 104 Å². The van der Waals surface area contributed by atoms with Crippen molar-refractivity contribution < 1.29 is 18.0 Å². The minimum Gasteiger partial charge on any atom is -0.354 e. The van der Waals surface area contributed by atoms with Crippen LogP contribution in [0.3, 0.4) is 0 Å². The van der Waals surface area contributed by atoms with Crippen molar-refractivity contribution in [2.75, 3.05) is 17.4 Å². The zero-order valence-electron chi connectivity index (χ0n) is 25.5. The number of halogens is 2. The number of hydrogen-bond donors (Lipinski definition) is 1. The lowest BCUT2D eigenvalue weighted by atomic mass is 10.0. The maximum Gasteiger partial charge on any atom is 0.264 e. The molecule has 0 spiro atoms. The van der Waals surface area contributed by atoms with Crippen LogP contribution >= 0.6 is 23.2 Å². The number of carbonyl (C=O) groups excluding carboxylic acids is 2. The molecule has 7 nitrogen and oxygen atoms in total. The van der Waals surface area contributed by atoms with Gasteiger partial charge in [-0.05, 0) is 65.9 Å². The number of benzene rings is 4. The smallest absolute Gasteiger partial charge is 0.264 e. The van der Waals surface area contributed by atoms with E-state index in [2.05, 4.69) is 5.32 Å². The van der Waals surface area contributed by atoms with Gasteiger partial charge in [-0.2, -0.15) is 0 Å². The third-order valence-electron chi connectivity index (χ3n) is 7.32. The number of nitrogens with one attached hydrogen (secondary N) is 1. The van der Waals surface area contributed by atoms with E-state index in [1.54, 1.807) is 55.5 Å². The molecule has 0 radical (unpaired) electrons. The monoisotopic (exact) mass is 665 g/mol. The highest BCUT2D eigenvalue weighted by atomic mass is 35.5. The molecule has 0 bridgehead atoms. The number of sulfonamides is 1. The molecule has 0 aliphatic heterocycles. The van der Waals surface area contributed by atoms with Gasteiger partial charge in [-0.3, -0.25) is 13.9 Å². The molecule has 0 aliphatic carbocycles. The van der Waals surface area contributed by atoms with Gasteiger partial charge in [0.15, 0.2) is 0 Å². The number of nitrogens with zero attached hydrogens (tertiary/aromatic N) is 2. The van der Waals surface area contributed by atoms with Crippen molar-refractivity contribution in [3.05, 3.63) is 130 Å². The van der Waals surface area contributed by atoms with Crippen molar-refractivity contribution >= 4 is 50.7 Å². The lowest BCUT2D eigenvalue weighted by molar-refractivity contribution is -0.140. The molecule has 0 fully saturated rings. The minimum absolute atomic E-state index is 0.00624. The molecule has 0 saturated heterocycles. The molecule has 45 heavy (non-hydrogen) atoms. The zero-order valence-corrected chi connectivity index (χ0v) is 27.8. The topological polar surface area (TPSA) is 86.8 Å². The molecule has 4 rings (SSSR count). The summed E-state index contributed by atoms with van der Waals surface area (Å²) < 4.78 is 29.4. The van der Waals surface area contributed by atoms with Gasteiger partial charge in [0.05, 0.1) is 10.6 Å². The predicted molar refractivity (Wildman–Crippen MR) is 181 cm³/mol. The van der Waals surface area contributed by atoms with E-state index in [9.17, 15) is 18.0 Å². The maximum absolute atomic E-state index is 14.5. The molecule has 2 amide bonds. The third kappa shape index (κ3) is 8.87. The molecule has 236 valence electrons. The first-order valence-electron chi connectivity index (χ1n) is 14.7. The van der Waals surface area contributed by atoms with Crippen LogP contribution in [0.4, 0.5) is 5.69 Å². The fraction of sp³-hybridized carbons (Fsp3) is 0.257. The minimum atomic E-state index is -4.23. The van der Waals surface area contributed by atoms with E-state index >= 15 is 0 Å². The Balaban J connectivity index is 1.81. The van der Waals surface area contributed by atoms with Crippen molar-refractivity contribution in [1.82, 2.24) is 10.2 Å². The van der Waals surface area contributed by atoms with E-state index in [4.69, 9.17) is 23.2 Å². The second-order valence-corrected chi connectivity index (χ2v) is 13.9. The molecule has 4 aromatic rings. The van der Waals surface area contributed by atoms with E-state index in [1.165, 1.54) is 29.2 Å². The summed E-state index contributed by atoms with van der Waals surface area (Å²) >= 11 is 12.6. The fourth-order valence-corrected chi connectivity index (χ4v) is 6.68. The molecule has 0 unspecified atom stereocenters. The van der Waals surface area contributed by atoms with Crippen LogP contribution in [-0.2, 0) is 32.6 Å². The summed E-state index contributed by atoms with van der Waals surface area (Å²) in [7, 11) is -4.23. The van der Waals surface area contributed by atoms with Crippen molar-refractivity contribution in [2.24, 2.45) is 5.92 Å². The van der Waals surface area contributed by atoms with Crippen LogP contribution in [0.25, 0.3) is 0 Å². The maximum atomic E-state index is 14.5. The molecule has 0 saturated carbocycles. The number of para-hydroxylation sites is 1. The van der Waals surface area contributed by atoms with E-state index < -0.39 is 28.5 Å². The first-order chi connectivity index (χ1) is 21.5. The SMILES string of the molecule is Cc1ccccc1N(CC(=O)N(Cc1ccccc1Cl)[C@H](Cc1ccccc1)C(=O)NCC(C)C)S(=O)(=O)c1ccc(Cl)cc1. The quantitative estimate of drug-likeness (QED) is 0.168. The average molecular weight is 667 g/mol. The summed E-state index contributed by atoms with van der Waals surface area (Å²) in [6.45, 7) is 5.61. The van der Waals surface area contributed by atoms with Gasteiger partial charge in [-0.15, -0.1) is 0 Å². The van der Waals surface area contributed by atoms with Crippen molar-refractivity contribution in [3.8, 4) is 0 Å². The first kappa shape index (κ1) is 34.0. The Morgan fingerprint density at radius 1 is 0.822 bits per heavy atom. The van der Waals surface area contributed by atoms with Crippen LogP contribution in [-0.4, -0.2) is 44.3 Å². The van der Waals surface area contributed by atoms with Gasteiger partial charge in [0.25, 0.3) is 10.0 Å². The number of amides is 2. The van der Waals surface area contributed by atoms with E-state index in [1.807, 2.05) is 44.2 Å². The summed E-state index contributed by atoms with van der Waals surface area (Å²) in [5.41, 5.74) is 2.49. The molecule has 1 atom stereocenters. The molecule has 10 heteroatoms. The van der Waals surface area contributed by atoms with Crippen LogP contribution < -0.4 is 9.62 Å². The predicted octanol–water partition coefficient (Wildman–Crippen LogP) is 6.91. The molecular weight excluding hydrogens is 629 g/mol. The number of carbonyl (C=O) groups is 2. The Labute approximate surface area is 275 Å². The van der Waals surface area contributed by atoms with Gasteiger partial charge in [-0.25, -0.2) is 8.42 Å². The average Bonchev–Trinajstić information content (AvgIpc) is 3.02. The Bertz CT molecular complexity index is 1710. The highest BCUT2D eigenvalue weighted by molar-refractivity contribution is 7.92. The highest BCUT2D eigenvalue weighted by Crippen LogP contribution is 2.29. The second kappa shape index (κ2) is 15.4. The lowest BCUT2D eigenvalue weighted by Crippen LogP contribution is -2.53. The normalized spacial score (nSPS) is 12.0. The third-order valence-corrected chi connectivity index (χ3v) is 9.71.